The first-order chi connectivity index (χ1) is 17.8. The third-order valence-corrected chi connectivity index (χ3v) is 5.47. The van der Waals surface area contributed by atoms with Crippen LogP contribution in [0.4, 0.5) is 0 Å². The summed E-state index contributed by atoms with van der Waals surface area (Å²) in [5.41, 5.74) is 16.9. The zero-order chi connectivity index (χ0) is 28.8. The van der Waals surface area contributed by atoms with Gasteiger partial charge in [0.25, 0.3) is 0 Å². The van der Waals surface area contributed by atoms with Gasteiger partial charge in [0.05, 0.1) is 12.4 Å². The molecule has 0 aliphatic carbocycles. The number of hydrogen-bond donors (Lipinski definition) is 9. The van der Waals surface area contributed by atoms with E-state index in [9.17, 15) is 29.1 Å². The van der Waals surface area contributed by atoms with Crippen LogP contribution in [0.15, 0.2) is 17.5 Å². The third-order valence-electron chi connectivity index (χ3n) is 5.47. The van der Waals surface area contributed by atoms with Crippen molar-refractivity contribution in [3.63, 3.8) is 0 Å². The van der Waals surface area contributed by atoms with Gasteiger partial charge in [0.15, 0.2) is 5.96 Å². The highest BCUT2D eigenvalue weighted by molar-refractivity contribution is 5.94. The van der Waals surface area contributed by atoms with Crippen molar-refractivity contribution in [2.75, 3.05) is 6.54 Å². The van der Waals surface area contributed by atoms with Crippen molar-refractivity contribution in [1.29, 1.82) is 0 Å². The standard InChI is InChI=1S/C22H37N9O7/c1-11(2)17(23)20(36)30-13(4-3-7-27-22(24)25)18(34)29-14(5-6-16(32)33)19(35)31-15(21(37)38)8-12-9-26-10-28-12/h9-11,13-15,17H,3-8,23H2,1-2H3,(H,26,28)(H,29,34)(H,30,36)(H,31,35)(H,32,33)(H,37,38)(H4,24,25,27). The van der Waals surface area contributed by atoms with Gasteiger partial charge in [-0.3, -0.25) is 24.2 Å². The Balaban J connectivity index is 3.05. The van der Waals surface area contributed by atoms with Crippen molar-refractivity contribution in [2.45, 2.75) is 70.1 Å². The molecule has 0 fully saturated rings. The maximum Gasteiger partial charge on any atom is 0.326 e. The van der Waals surface area contributed by atoms with Gasteiger partial charge in [-0.15, -0.1) is 0 Å². The van der Waals surface area contributed by atoms with Crippen LogP contribution in [0.3, 0.4) is 0 Å². The van der Waals surface area contributed by atoms with Crippen molar-refractivity contribution in [3.05, 3.63) is 18.2 Å². The average molecular weight is 540 g/mol. The molecule has 0 bridgehead atoms. The first-order valence-corrected chi connectivity index (χ1v) is 12.0. The Bertz CT molecular complexity index is 978. The lowest BCUT2D eigenvalue weighted by atomic mass is 10.0. The first kappa shape index (κ1) is 31.8. The van der Waals surface area contributed by atoms with Crippen LogP contribution in [0.1, 0.15) is 45.2 Å². The van der Waals surface area contributed by atoms with Crippen LogP contribution in [-0.4, -0.2) is 86.5 Å². The molecule has 0 spiro atoms. The quantitative estimate of drug-likeness (QED) is 0.0561. The van der Waals surface area contributed by atoms with Crippen LogP contribution >= 0.6 is 0 Å². The van der Waals surface area contributed by atoms with Crippen LogP contribution in [0, 0.1) is 5.92 Å². The van der Waals surface area contributed by atoms with E-state index in [1.54, 1.807) is 13.8 Å². The number of guanidine groups is 1. The van der Waals surface area contributed by atoms with Gasteiger partial charge in [-0.05, 0) is 25.2 Å². The third kappa shape index (κ3) is 11.7. The lowest BCUT2D eigenvalue weighted by molar-refractivity contribution is -0.143. The zero-order valence-corrected chi connectivity index (χ0v) is 21.3. The lowest BCUT2D eigenvalue weighted by Crippen LogP contribution is -2.57. The number of aromatic nitrogens is 2. The molecule has 212 valence electrons. The Morgan fingerprint density at radius 3 is 2.05 bits per heavy atom. The van der Waals surface area contributed by atoms with Gasteiger partial charge < -0.3 is 48.3 Å². The number of rotatable bonds is 17. The van der Waals surface area contributed by atoms with E-state index in [-0.39, 0.29) is 44.1 Å². The summed E-state index contributed by atoms with van der Waals surface area (Å²) in [7, 11) is 0. The van der Waals surface area contributed by atoms with Crippen molar-refractivity contribution in [2.24, 2.45) is 28.1 Å². The van der Waals surface area contributed by atoms with Gasteiger partial charge in [0.1, 0.15) is 18.1 Å². The number of amides is 3. The smallest absolute Gasteiger partial charge is 0.326 e. The van der Waals surface area contributed by atoms with Crippen LogP contribution in [0.2, 0.25) is 0 Å². The number of imidazole rings is 1. The van der Waals surface area contributed by atoms with Crippen molar-refractivity contribution < 1.29 is 34.2 Å². The summed E-state index contributed by atoms with van der Waals surface area (Å²) in [5.74, 6) is -5.24. The summed E-state index contributed by atoms with van der Waals surface area (Å²) in [6, 6.07) is -4.85. The van der Waals surface area contributed by atoms with Crippen LogP contribution in [0.5, 0.6) is 0 Å². The lowest BCUT2D eigenvalue weighted by Gasteiger charge is -2.25. The molecule has 0 radical (unpaired) electrons. The molecule has 3 amide bonds. The second-order valence-electron chi connectivity index (χ2n) is 8.95. The highest BCUT2D eigenvalue weighted by atomic mass is 16.4. The van der Waals surface area contributed by atoms with Crippen LogP contribution < -0.4 is 33.2 Å². The van der Waals surface area contributed by atoms with E-state index in [0.29, 0.717) is 5.69 Å². The van der Waals surface area contributed by atoms with Gasteiger partial charge in [0, 0.05) is 31.3 Å². The Morgan fingerprint density at radius 1 is 0.974 bits per heavy atom. The number of nitrogens with one attached hydrogen (secondary N) is 4. The van der Waals surface area contributed by atoms with Crippen LogP contribution in [0.25, 0.3) is 0 Å². The van der Waals surface area contributed by atoms with E-state index < -0.39 is 60.2 Å². The van der Waals surface area contributed by atoms with E-state index in [0.717, 1.165) is 0 Å². The minimum Gasteiger partial charge on any atom is -0.481 e. The molecule has 1 rings (SSSR count). The van der Waals surface area contributed by atoms with Gasteiger partial charge in [-0.1, -0.05) is 13.8 Å². The summed E-state index contributed by atoms with van der Waals surface area (Å²) in [6.07, 6.45) is 2.15. The van der Waals surface area contributed by atoms with Crippen LogP contribution in [-0.2, 0) is 30.4 Å². The average Bonchev–Trinajstić information content (AvgIpc) is 3.35. The molecule has 1 aromatic rings. The number of aliphatic imine (C=N–C) groups is 1. The Morgan fingerprint density at radius 2 is 1.55 bits per heavy atom. The molecule has 0 saturated carbocycles. The Hall–Kier alpha value is -4.21. The second kappa shape index (κ2) is 15.8. The fourth-order valence-corrected chi connectivity index (χ4v) is 3.24. The van der Waals surface area contributed by atoms with E-state index in [1.807, 2.05) is 0 Å². The minimum atomic E-state index is -1.40. The molecule has 0 aliphatic rings. The molecule has 12 N–H and O–H groups in total. The first-order valence-electron chi connectivity index (χ1n) is 12.0. The fourth-order valence-electron chi connectivity index (χ4n) is 3.24. The van der Waals surface area contributed by atoms with Crippen molar-refractivity contribution in [1.82, 2.24) is 25.9 Å². The predicted molar refractivity (Wildman–Crippen MR) is 135 cm³/mol. The topological polar surface area (TPSA) is 281 Å². The number of nitrogens with zero attached hydrogens (tertiary/aromatic N) is 2. The summed E-state index contributed by atoms with van der Waals surface area (Å²) in [6.45, 7) is 3.62. The second-order valence-corrected chi connectivity index (χ2v) is 8.95. The number of carboxylic acid groups (broad SMARTS) is 2. The number of H-pyrrole nitrogens is 1. The molecule has 16 heteroatoms. The van der Waals surface area contributed by atoms with Crippen molar-refractivity contribution in [3.8, 4) is 0 Å². The molecule has 1 heterocycles. The van der Waals surface area contributed by atoms with E-state index in [4.69, 9.17) is 22.3 Å². The number of carbonyl (C=O) groups excluding carboxylic acids is 3. The molecular weight excluding hydrogens is 502 g/mol. The number of aliphatic carboxylic acids is 2. The number of aromatic amines is 1. The molecule has 0 aliphatic heterocycles. The Labute approximate surface area is 219 Å². The largest absolute Gasteiger partial charge is 0.481 e. The molecule has 4 unspecified atom stereocenters. The molecule has 1 aromatic heterocycles. The summed E-state index contributed by atoms with van der Waals surface area (Å²) in [4.78, 5) is 71.8. The molecular formula is C22H37N9O7. The van der Waals surface area contributed by atoms with E-state index in [1.165, 1.54) is 12.5 Å². The maximum atomic E-state index is 13.1. The highest BCUT2D eigenvalue weighted by Crippen LogP contribution is 2.07. The summed E-state index contributed by atoms with van der Waals surface area (Å²) < 4.78 is 0. The van der Waals surface area contributed by atoms with Gasteiger partial charge in [-0.2, -0.15) is 0 Å². The van der Waals surface area contributed by atoms with Gasteiger partial charge in [0.2, 0.25) is 17.7 Å². The predicted octanol–water partition coefficient (Wildman–Crippen LogP) is -2.61. The molecule has 4 atom stereocenters. The van der Waals surface area contributed by atoms with Gasteiger partial charge in [-0.25, -0.2) is 9.78 Å². The Kier molecular flexibility index (Phi) is 13.2. The SMILES string of the molecule is CC(C)C(N)C(=O)NC(CCCN=C(N)N)C(=O)NC(CCC(=O)O)C(=O)NC(Cc1cnc[nH]1)C(=O)O. The van der Waals surface area contributed by atoms with E-state index >= 15 is 0 Å². The minimum absolute atomic E-state index is 0.0734. The van der Waals surface area contributed by atoms with Crippen molar-refractivity contribution >= 4 is 35.6 Å². The highest BCUT2D eigenvalue weighted by Gasteiger charge is 2.31. The summed E-state index contributed by atoms with van der Waals surface area (Å²) in [5, 5.41) is 25.9. The molecule has 0 saturated heterocycles. The fraction of sp³-hybridized carbons (Fsp3) is 0.591. The normalized spacial score (nSPS) is 14.0. The van der Waals surface area contributed by atoms with E-state index in [2.05, 4.69) is 30.9 Å². The zero-order valence-electron chi connectivity index (χ0n) is 21.3. The van der Waals surface area contributed by atoms with Gasteiger partial charge >= 0.3 is 11.9 Å². The monoisotopic (exact) mass is 539 g/mol. The molecule has 0 aromatic carbocycles. The molecule has 38 heavy (non-hydrogen) atoms. The maximum absolute atomic E-state index is 13.1. The number of carbonyl (C=O) groups is 5. The molecule has 16 nitrogen and oxygen atoms in total. The number of hydrogen-bond acceptors (Lipinski definition) is 8. The summed E-state index contributed by atoms with van der Waals surface area (Å²) >= 11 is 0. The number of nitrogens with two attached hydrogens (primary N) is 3. The number of carboxylic acids is 2.